The molecular formula is C11H15NO3. The fraction of sp³-hybridized carbons (Fsp3) is 0.364. The van der Waals surface area contributed by atoms with Gasteiger partial charge in [0.2, 0.25) is 0 Å². The molecule has 1 rings (SSSR count). The van der Waals surface area contributed by atoms with Crippen molar-refractivity contribution in [3.05, 3.63) is 23.8 Å². The Labute approximate surface area is 88.9 Å². The molecule has 2 N–H and O–H groups in total. The first-order valence-corrected chi connectivity index (χ1v) is 4.72. The zero-order valence-electron chi connectivity index (χ0n) is 9.07. The van der Waals surface area contributed by atoms with Gasteiger partial charge >= 0.3 is 0 Å². The number of carbonyl (C=O) groups excluding carboxylic acids is 1. The Hall–Kier alpha value is -1.71. The molecule has 0 atom stereocenters. The molecule has 1 aromatic rings. The molecule has 0 aliphatic rings. The Balaban J connectivity index is 2.96. The Kier molecular flexibility index (Phi) is 3.55. The summed E-state index contributed by atoms with van der Waals surface area (Å²) in [7, 11) is 1.51. The fourth-order valence-electron chi connectivity index (χ4n) is 1.16. The molecule has 4 nitrogen and oxygen atoms in total. The van der Waals surface area contributed by atoms with Gasteiger partial charge in [-0.25, -0.2) is 0 Å². The first kappa shape index (κ1) is 11.4. The van der Waals surface area contributed by atoms with E-state index < -0.39 is 0 Å². The SMILES string of the molecule is COc1ccc(O)c(C(=O)NC(C)C)c1. The van der Waals surface area contributed by atoms with Crippen LogP contribution in [-0.4, -0.2) is 24.2 Å². The number of carbonyl (C=O) groups is 1. The monoisotopic (exact) mass is 209 g/mol. The summed E-state index contributed by atoms with van der Waals surface area (Å²) >= 11 is 0. The quantitative estimate of drug-likeness (QED) is 0.793. The van der Waals surface area contributed by atoms with Gasteiger partial charge < -0.3 is 15.2 Å². The maximum absolute atomic E-state index is 11.6. The second-order valence-corrected chi connectivity index (χ2v) is 3.51. The zero-order chi connectivity index (χ0) is 11.4. The normalized spacial score (nSPS) is 10.1. The van der Waals surface area contributed by atoms with E-state index in [2.05, 4.69) is 5.32 Å². The van der Waals surface area contributed by atoms with Crippen LogP contribution >= 0.6 is 0 Å². The van der Waals surface area contributed by atoms with Crippen LogP contribution in [0, 0.1) is 0 Å². The van der Waals surface area contributed by atoms with Crippen LogP contribution in [0.15, 0.2) is 18.2 Å². The third-order valence-corrected chi connectivity index (χ3v) is 1.87. The van der Waals surface area contributed by atoms with Crippen LogP contribution in [0.4, 0.5) is 0 Å². The molecule has 0 fully saturated rings. The summed E-state index contributed by atoms with van der Waals surface area (Å²) in [6.07, 6.45) is 0. The lowest BCUT2D eigenvalue weighted by Gasteiger charge is -2.10. The summed E-state index contributed by atoms with van der Waals surface area (Å²) in [4.78, 5) is 11.6. The zero-order valence-corrected chi connectivity index (χ0v) is 9.07. The van der Waals surface area contributed by atoms with Gasteiger partial charge in [0, 0.05) is 6.04 Å². The minimum absolute atomic E-state index is 0.0306. The standard InChI is InChI=1S/C11H15NO3/c1-7(2)12-11(14)9-6-8(15-3)4-5-10(9)13/h4-7,13H,1-3H3,(H,12,14). The molecule has 0 bridgehead atoms. The van der Waals surface area contributed by atoms with Crippen molar-refractivity contribution in [1.82, 2.24) is 5.32 Å². The number of amides is 1. The second-order valence-electron chi connectivity index (χ2n) is 3.51. The van der Waals surface area contributed by atoms with Gasteiger partial charge in [-0.2, -0.15) is 0 Å². The van der Waals surface area contributed by atoms with E-state index in [-0.39, 0.29) is 23.3 Å². The number of hydrogen-bond acceptors (Lipinski definition) is 3. The highest BCUT2D eigenvalue weighted by Gasteiger charge is 2.12. The maximum atomic E-state index is 11.6. The number of phenols is 1. The molecule has 0 heterocycles. The molecule has 0 aliphatic carbocycles. The van der Waals surface area contributed by atoms with Gasteiger partial charge in [-0.15, -0.1) is 0 Å². The topological polar surface area (TPSA) is 58.6 Å². The highest BCUT2D eigenvalue weighted by molar-refractivity contribution is 5.97. The lowest BCUT2D eigenvalue weighted by atomic mass is 10.1. The Morgan fingerprint density at radius 3 is 2.67 bits per heavy atom. The minimum atomic E-state index is -0.304. The van der Waals surface area contributed by atoms with E-state index in [1.807, 2.05) is 13.8 Å². The van der Waals surface area contributed by atoms with Crippen molar-refractivity contribution in [3.8, 4) is 11.5 Å². The van der Waals surface area contributed by atoms with E-state index >= 15 is 0 Å². The summed E-state index contributed by atoms with van der Waals surface area (Å²) in [6, 6.07) is 4.57. The summed E-state index contributed by atoms with van der Waals surface area (Å²) < 4.78 is 4.97. The van der Waals surface area contributed by atoms with E-state index in [4.69, 9.17) is 4.74 Å². The summed E-state index contributed by atoms with van der Waals surface area (Å²) in [5.41, 5.74) is 0.225. The number of nitrogens with one attached hydrogen (secondary N) is 1. The molecule has 0 aromatic heterocycles. The van der Waals surface area contributed by atoms with E-state index in [0.717, 1.165) is 0 Å². The lowest BCUT2D eigenvalue weighted by Crippen LogP contribution is -2.30. The highest BCUT2D eigenvalue weighted by Crippen LogP contribution is 2.22. The number of hydrogen-bond donors (Lipinski definition) is 2. The van der Waals surface area contributed by atoms with Crippen molar-refractivity contribution < 1.29 is 14.6 Å². The Morgan fingerprint density at radius 1 is 1.47 bits per heavy atom. The number of phenolic OH excluding ortho intramolecular Hbond substituents is 1. The smallest absolute Gasteiger partial charge is 0.255 e. The number of rotatable bonds is 3. The molecule has 82 valence electrons. The average Bonchev–Trinajstić information content (AvgIpc) is 2.17. The third-order valence-electron chi connectivity index (χ3n) is 1.87. The van der Waals surface area contributed by atoms with Crippen LogP contribution < -0.4 is 10.1 Å². The van der Waals surface area contributed by atoms with E-state index in [0.29, 0.717) is 5.75 Å². The van der Waals surface area contributed by atoms with Gasteiger partial charge in [-0.1, -0.05) is 0 Å². The molecule has 15 heavy (non-hydrogen) atoms. The third kappa shape index (κ3) is 2.87. The first-order chi connectivity index (χ1) is 7.04. The van der Waals surface area contributed by atoms with Gasteiger partial charge in [0.25, 0.3) is 5.91 Å². The number of ether oxygens (including phenoxy) is 1. The predicted molar refractivity (Wildman–Crippen MR) is 57.3 cm³/mol. The van der Waals surface area contributed by atoms with Crippen molar-refractivity contribution in [2.45, 2.75) is 19.9 Å². The average molecular weight is 209 g/mol. The van der Waals surface area contributed by atoms with Crippen LogP contribution in [0.25, 0.3) is 0 Å². The van der Waals surface area contributed by atoms with E-state index in [9.17, 15) is 9.90 Å². The van der Waals surface area contributed by atoms with Crippen molar-refractivity contribution in [2.75, 3.05) is 7.11 Å². The van der Waals surface area contributed by atoms with Crippen molar-refractivity contribution in [3.63, 3.8) is 0 Å². The van der Waals surface area contributed by atoms with Crippen LogP contribution in [0.1, 0.15) is 24.2 Å². The summed E-state index contributed by atoms with van der Waals surface area (Å²) in [5.74, 6) is 0.192. The second kappa shape index (κ2) is 4.68. The molecule has 4 heteroatoms. The fourth-order valence-corrected chi connectivity index (χ4v) is 1.16. The predicted octanol–water partition coefficient (Wildman–Crippen LogP) is 1.54. The molecular weight excluding hydrogens is 194 g/mol. The van der Waals surface area contributed by atoms with Crippen molar-refractivity contribution >= 4 is 5.91 Å². The molecule has 1 aromatic carbocycles. The van der Waals surface area contributed by atoms with Gasteiger partial charge in [-0.05, 0) is 32.0 Å². The van der Waals surface area contributed by atoms with Gasteiger partial charge in [0.05, 0.1) is 12.7 Å². The molecule has 0 aliphatic heterocycles. The number of aromatic hydroxyl groups is 1. The van der Waals surface area contributed by atoms with Crippen LogP contribution in [-0.2, 0) is 0 Å². The maximum Gasteiger partial charge on any atom is 0.255 e. The molecule has 0 spiro atoms. The molecule has 1 amide bonds. The Bertz CT molecular complexity index is 361. The largest absolute Gasteiger partial charge is 0.507 e. The lowest BCUT2D eigenvalue weighted by molar-refractivity contribution is 0.0940. The van der Waals surface area contributed by atoms with Crippen molar-refractivity contribution in [1.29, 1.82) is 0 Å². The molecule has 0 saturated heterocycles. The number of methoxy groups -OCH3 is 1. The minimum Gasteiger partial charge on any atom is -0.507 e. The van der Waals surface area contributed by atoms with E-state index in [1.54, 1.807) is 6.07 Å². The van der Waals surface area contributed by atoms with Gasteiger partial charge in [0.15, 0.2) is 0 Å². The van der Waals surface area contributed by atoms with Crippen LogP contribution in [0.3, 0.4) is 0 Å². The molecule has 0 saturated carbocycles. The highest BCUT2D eigenvalue weighted by atomic mass is 16.5. The van der Waals surface area contributed by atoms with Crippen LogP contribution in [0.2, 0.25) is 0 Å². The first-order valence-electron chi connectivity index (χ1n) is 4.72. The van der Waals surface area contributed by atoms with Crippen LogP contribution in [0.5, 0.6) is 11.5 Å². The Morgan fingerprint density at radius 2 is 2.13 bits per heavy atom. The number of benzene rings is 1. The molecule has 0 radical (unpaired) electrons. The van der Waals surface area contributed by atoms with Crippen molar-refractivity contribution in [2.24, 2.45) is 0 Å². The van der Waals surface area contributed by atoms with Gasteiger partial charge in [0.1, 0.15) is 11.5 Å². The summed E-state index contributed by atoms with van der Waals surface area (Å²) in [5, 5.41) is 12.2. The summed E-state index contributed by atoms with van der Waals surface area (Å²) in [6.45, 7) is 3.71. The van der Waals surface area contributed by atoms with Gasteiger partial charge in [-0.3, -0.25) is 4.79 Å². The molecule has 0 unspecified atom stereocenters. The van der Waals surface area contributed by atoms with E-state index in [1.165, 1.54) is 19.2 Å².